The van der Waals surface area contributed by atoms with E-state index < -0.39 is 0 Å². The monoisotopic (exact) mass is 327 g/mol. The van der Waals surface area contributed by atoms with E-state index in [1.807, 2.05) is 19.1 Å². The summed E-state index contributed by atoms with van der Waals surface area (Å²) in [7, 11) is 0. The van der Waals surface area contributed by atoms with E-state index >= 15 is 0 Å². The number of benzene rings is 1. The van der Waals surface area contributed by atoms with Gasteiger partial charge in [0.2, 0.25) is 0 Å². The SMILES string of the molecule is CCc1ccc(Cl)c(CC)c1NC(=O)c1ccc(Cl)s1. The summed E-state index contributed by atoms with van der Waals surface area (Å²) < 4.78 is 0.604. The van der Waals surface area contributed by atoms with Gasteiger partial charge in [-0.15, -0.1) is 11.3 Å². The summed E-state index contributed by atoms with van der Waals surface area (Å²) in [6, 6.07) is 7.29. The maximum Gasteiger partial charge on any atom is 0.265 e. The molecule has 2 aromatic rings. The van der Waals surface area contributed by atoms with Crippen molar-refractivity contribution in [2.45, 2.75) is 26.7 Å². The first kappa shape index (κ1) is 15.4. The molecule has 0 fully saturated rings. The molecule has 106 valence electrons. The van der Waals surface area contributed by atoms with Crippen LogP contribution in [0.25, 0.3) is 0 Å². The summed E-state index contributed by atoms with van der Waals surface area (Å²) >= 11 is 13.4. The van der Waals surface area contributed by atoms with Crippen LogP contribution < -0.4 is 5.32 Å². The standard InChI is InChI=1S/C15H15Cl2NOS/c1-3-9-5-6-11(16)10(4-2)14(9)18-15(19)12-7-8-13(17)20-12/h5-8H,3-4H2,1-2H3,(H,18,19). The minimum Gasteiger partial charge on any atom is -0.321 e. The summed E-state index contributed by atoms with van der Waals surface area (Å²) in [5.41, 5.74) is 2.89. The summed E-state index contributed by atoms with van der Waals surface area (Å²) in [6.07, 6.45) is 1.61. The number of halogens is 2. The van der Waals surface area contributed by atoms with Gasteiger partial charge in [-0.2, -0.15) is 0 Å². The molecule has 2 rings (SSSR count). The summed E-state index contributed by atoms with van der Waals surface area (Å²) in [6.45, 7) is 4.08. The molecule has 0 spiro atoms. The van der Waals surface area contributed by atoms with Crippen molar-refractivity contribution in [1.82, 2.24) is 0 Å². The van der Waals surface area contributed by atoms with Crippen LogP contribution in [-0.2, 0) is 12.8 Å². The van der Waals surface area contributed by atoms with Crippen LogP contribution in [0.2, 0.25) is 9.36 Å². The van der Waals surface area contributed by atoms with Crippen LogP contribution in [0.5, 0.6) is 0 Å². The van der Waals surface area contributed by atoms with Crippen LogP contribution in [0.4, 0.5) is 5.69 Å². The highest BCUT2D eigenvalue weighted by molar-refractivity contribution is 7.18. The average molecular weight is 328 g/mol. The second-order valence-electron chi connectivity index (χ2n) is 4.33. The molecule has 1 heterocycles. The van der Waals surface area contributed by atoms with Crippen LogP contribution in [0.1, 0.15) is 34.6 Å². The zero-order chi connectivity index (χ0) is 14.7. The summed E-state index contributed by atoms with van der Waals surface area (Å²) in [4.78, 5) is 12.9. The molecule has 1 aromatic carbocycles. The fraction of sp³-hybridized carbons (Fsp3) is 0.267. The lowest BCUT2D eigenvalue weighted by Crippen LogP contribution is -2.13. The third-order valence-corrected chi connectivity index (χ3v) is 4.70. The number of anilines is 1. The van der Waals surface area contributed by atoms with Gasteiger partial charge >= 0.3 is 0 Å². The number of hydrogen-bond acceptors (Lipinski definition) is 2. The molecule has 5 heteroatoms. The van der Waals surface area contributed by atoms with Crippen molar-refractivity contribution in [3.63, 3.8) is 0 Å². The molecule has 0 bridgehead atoms. The molecule has 0 aliphatic rings. The number of thiophene rings is 1. The van der Waals surface area contributed by atoms with E-state index in [4.69, 9.17) is 23.2 Å². The minimum absolute atomic E-state index is 0.145. The second-order valence-corrected chi connectivity index (χ2v) is 6.45. The first-order valence-corrected chi connectivity index (χ1v) is 8.01. The van der Waals surface area contributed by atoms with Gasteiger partial charge in [0.1, 0.15) is 0 Å². The zero-order valence-corrected chi connectivity index (χ0v) is 13.6. The molecule has 0 saturated heterocycles. The van der Waals surface area contributed by atoms with Crippen molar-refractivity contribution in [1.29, 1.82) is 0 Å². The Bertz CT molecular complexity index is 637. The lowest BCUT2D eigenvalue weighted by Gasteiger charge is -2.15. The van der Waals surface area contributed by atoms with Gasteiger partial charge in [0.05, 0.1) is 9.21 Å². The molecule has 2 nitrogen and oxygen atoms in total. The number of rotatable bonds is 4. The Morgan fingerprint density at radius 3 is 2.45 bits per heavy atom. The Hall–Kier alpha value is -1.03. The lowest BCUT2D eigenvalue weighted by atomic mass is 10.0. The molecule has 20 heavy (non-hydrogen) atoms. The van der Waals surface area contributed by atoms with Gasteiger partial charge in [0.25, 0.3) is 5.91 Å². The van der Waals surface area contributed by atoms with Crippen LogP contribution in [0.3, 0.4) is 0 Å². The fourth-order valence-corrected chi connectivity index (χ4v) is 3.31. The molecular weight excluding hydrogens is 313 g/mol. The van der Waals surface area contributed by atoms with Crippen molar-refractivity contribution in [2.75, 3.05) is 5.32 Å². The highest BCUT2D eigenvalue weighted by atomic mass is 35.5. The van der Waals surface area contributed by atoms with Crippen molar-refractivity contribution >= 4 is 46.1 Å². The maximum atomic E-state index is 12.3. The van der Waals surface area contributed by atoms with E-state index in [9.17, 15) is 4.79 Å². The number of nitrogens with one attached hydrogen (secondary N) is 1. The number of carbonyl (C=O) groups excluding carboxylic acids is 1. The number of hydrogen-bond donors (Lipinski definition) is 1. The van der Waals surface area contributed by atoms with Crippen LogP contribution in [0.15, 0.2) is 24.3 Å². The van der Waals surface area contributed by atoms with Gasteiger partial charge in [0, 0.05) is 10.7 Å². The van der Waals surface area contributed by atoms with Crippen LogP contribution in [-0.4, -0.2) is 5.91 Å². The molecule has 1 amide bonds. The molecule has 0 saturated carbocycles. The number of carbonyl (C=O) groups is 1. The number of amides is 1. The number of aryl methyl sites for hydroxylation is 1. The van der Waals surface area contributed by atoms with Crippen LogP contribution in [0, 0.1) is 0 Å². The van der Waals surface area contributed by atoms with Gasteiger partial charge in [-0.25, -0.2) is 0 Å². The fourth-order valence-electron chi connectivity index (χ4n) is 2.08. The van der Waals surface area contributed by atoms with E-state index in [0.717, 1.165) is 29.7 Å². The van der Waals surface area contributed by atoms with E-state index in [2.05, 4.69) is 12.2 Å². The largest absolute Gasteiger partial charge is 0.321 e. The van der Waals surface area contributed by atoms with E-state index in [-0.39, 0.29) is 5.91 Å². The van der Waals surface area contributed by atoms with Crippen molar-refractivity contribution in [3.8, 4) is 0 Å². The van der Waals surface area contributed by atoms with E-state index in [1.54, 1.807) is 12.1 Å². The van der Waals surface area contributed by atoms with Crippen molar-refractivity contribution in [2.24, 2.45) is 0 Å². The van der Waals surface area contributed by atoms with Gasteiger partial charge in [-0.3, -0.25) is 4.79 Å². The Balaban J connectivity index is 2.37. The summed E-state index contributed by atoms with van der Waals surface area (Å²) in [5, 5.41) is 3.66. The molecule has 1 aromatic heterocycles. The second kappa shape index (κ2) is 6.61. The maximum absolute atomic E-state index is 12.3. The van der Waals surface area contributed by atoms with E-state index in [0.29, 0.717) is 14.2 Å². The van der Waals surface area contributed by atoms with Crippen molar-refractivity contribution in [3.05, 3.63) is 49.6 Å². The average Bonchev–Trinajstić information content (AvgIpc) is 2.86. The molecule has 1 N–H and O–H groups in total. The Labute approximate surface area is 132 Å². The minimum atomic E-state index is -0.145. The predicted octanol–water partition coefficient (Wildman–Crippen LogP) is 5.43. The third-order valence-electron chi connectivity index (χ3n) is 3.11. The van der Waals surface area contributed by atoms with Gasteiger partial charge < -0.3 is 5.32 Å². The Kier molecular flexibility index (Phi) is 5.08. The molecule has 0 radical (unpaired) electrons. The zero-order valence-electron chi connectivity index (χ0n) is 11.3. The molecule has 0 aliphatic carbocycles. The summed E-state index contributed by atoms with van der Waals surface area (Å²) in [5.74, 6) is -0.145. The van der Waals surface area contributed by atoms with Gasteiger partial charge in [-0.1, -0.05) is 43.1 Å². The van der Waals surface area contributed by atoms with Crippen LogP contribution >= 0.6 is 34.5 Å². The topological polar surface area (TPSA) is 29.1 Å². The molecule has 0 atom stereocenters. The molecule has 0 aliphatic heterocycles. The first-order valence-electron chi connectivity index (χ1n) is 6.43. The van der Waals surface area contributed by atoms with Gasteiger partial charge in [0.15, 0.2) is 0 Å². The third kappa shape index (κ3) is 3.17. The Morgan fingerprint density at radius 1 is 1.15 bits per heavy atom. The molecular formula is C15H15Cl2NOS. The quantitative estimate of drug-likeness (QED) is 0.796. The first-order chi connectivity index (χ1) is 9.56. The molecule has 0 unspecified atom stereocenters. The predicted molar refractivity (Wildman–Crippen MR) is 87.5 cm³/mol. The Morgan fingerprint density at radius 2 is 1.90 bits per heavy atom. The normalized spacial score (nSPS) is 10.6. The highest BCUT2D eigenvalue weighted by Gasteiger charge is 2.15. The lowest BCUT2D eigenvalue weighted by molar-refractivity contribution is 0.103. The van der Waals surface area contributed by atoms with Gasteiger partial charge in [-0.05, 0) is 42.2 Å². The van der Waals surface area contributed by atoms with Crippen molar-refractivity contribution < 1.29 is 4.79 Å². The smallest absolute Gasteiger partial charge is 0.265 e. The highest BCUT2D eigenvalue weighted by Crippen LogP contribution is 2.30. The van der Waals surface area contributed by atoms with E-state index in [1.165, 1.54) is 11.3 Å².